The highest BCUT2D eigenvalue weighted by Gasteiger charge is 2.21. The van der Waals surface area contributed by atoms with Gasteiger partial charge in [0.25, 0.3) is 0 Å². The number of piperazine rings is 1. The first-order valence-corrected chi connectivity index (χ1v) is 6.89. The van der Waals surface area contributed by atoms with Crippen LogP contribution in [-0.4, -0.2) is 47.0 Å². The molecule has 0 saturated carbocycles. The average molecular weight is 281 g/mol. The molecule has 6 heteroatoms. The van der Waals surface area contributed by atoms with Crippen molar-refractivity contribution in [3.63, 3.8) is 0 Å². The van der Waals surface area contributed by atoms with Gasteiger partial charge in [0, 0.05) is 26.2 Å². The predicted molar refractivity (Wildman–Crippen MR) is 78.6 cm³/mol. The highest BCUT2D eigenvalue weighted by atomic mass is 16.2. The van der Waals surface area contributed by atoms with Gasteiger partial charge in [-0.05, 0) is 12.1 Å². The molecule has 1 aliphatic rings. The van der Waals surface area contributed by atoms with Crippen LogP contribution in [0, 0.1) is 11.3 Å². The zero-order valence-corrected chi connectivity index (χ0v) is 11.6. The molecule has 0 spiro atoms. The highest BCUT2D eigenvalue weighted by Crippen LogP contribution is 2.17. The topological polar surface area (TPSA) is 73.1 Å². The SMILES string of the molecule is N#CCC(=O)N1CCN(c2cnc3ccccc3n2)CC1. The molecule has 0 aliphatic carbocycles. The first kappa shape index (κ1) is 13.3. The summed E-state index contributed by atoms with van der Waals surface area (Å²) in [6.45, 7) is 2.67. The number of anilines is 1. The van der Waals surface area contributed by atoms with Crippen LogP contribution in [0.5, 0.6) is 0 Å². The molecular weight excluding hydrogens is 266 g/mol. The van der Waals surface area contributed by atoms with Gasteiger partial charge < -0.3 is 9.80 Å². The number of nitriles is 1. The predicted octanol–water partition coefficient (Wildman–Crippen LogP) is 1.19. The lowest BCUT2D eigenvalue weighted by Gasteiger charge is -2.35. The van der Waals surface area contributed by atoms with Gasteiger partial charge in [-0.15, -0.1) is 0 Å². The van der Waals surface area contributed by atoms with E-state index >= 15 is 0 Å². The van der Waals surface area contributed by atoms with Gasteiger partial charge in [0.15, 0.2) is 0 Å². The van der Waals surface area contributed by atoms with E-state index in [-0.39, 0.29) is 12.3 Å². The van der Waals surface area contributed by atoms with Gasteiger partial charge in [-0.1, -0.05) is 12.1 Å². The number of carbonyl (C=O) groups excluding carboxylic acids is 1. The summed E-state index contributed by atoms with van der Waals surface area (Å²) in [5, 5.41) is 8.57. The number of rotatable bonds is 2. The Hall–Kier alpha value is -2.68. The quantitative estimate of drug-likeness (QED) is 0.826. The zero-order valence-electron chi connectivity index (χ0n) is 11.6. The van der Waals surface area contributed by atoms with Crippen molar-refractivity contribution in [2.75, 3.05) is 31.1 Å². The second kappa shape index (κ2) is 5.75. The minimum absolute atomic E-state index is 0.0459. The number of benzene rings is 1. The molecule has 2 aromatic rings. The summed E-state index contributed by atoms with van der Waals surface area (Å²) < 4.78 is 0. The van der Waals surface area contributed by atoms with Crippen molar-refractivity contribution in [2.45, 2.75) is 6.42 Å². The van der Waals surface area contributed by atoms with Gasteiger partial charge in [-0.25, -0.2) is 4.98 Å². The van der Waals surface area contributed by atoms with E-state index in [4.69, 9.17) is 5.26 Å². The average Bonchev–Trinajstić information content (AvgIpc) is 2.55. The maximum atomic E-state index is 11.7. The Balaban J connectivity index is 1.71. The molecule has 21 heavy (non-hydrogen) atoms. The number of para-hydroxylation sites is 2. The lowest BCUT2D eigenvalue weighted by molar-refractivity contribution is -0.130. The maximum absolute atomic E-state index is 11.7. The summed E-state index contributed by atoms with van der Waals surface area (Å²) in [6.07, 6.45) is 1.73. The molecule has 1 aliphatic heterocycles. The third kappa shape index (κ3) is 2.77. The van der Waals surface area contributed by atoms with Crippen LogP contribution >= 0.6 is 0 Å². The second-order valence-electron chi connectivity index (χ2n) is 4.92. The minimum atomic E-state index is -0.0956. The molecule has 2 heterocycles. The van der Waals surface area contributed by atoms with Gasteiger partial charge in [-0.3, -0.25) is 9.78 Å². The van der Waals surface area contributed by atoms with Crippen LogP contribution in [0.2, 0.25) is 0 Å². The third-order valence-corrected chi connectivity index (χ3v) is 3.62. The summed E-state index contributed by atoms with van der Waals surface area (Å²) in [6, 6.07) is 9.66. The fraction of sp³-hybridized carbons (Fsp3) is 0.333. The lowest BCUT2D eigenvalue weighted by Crippen LogP contribution is -2.49. The van der Waals surface area contributed by atoms with Crippen molar-refractivity contribution >= 4 is 22.8 Å². The Morgan fingerprint density at radius 3 is 2.62 bits per heavy atom. The minimum Gasteiger partial charge on any atom is -0.352 e. The number of aromatic nitrogens is 2. The van der Waals surface area contributed by atoms with Crippen LogP contribution in [0.1, 0.15) is 6.42 Å². The molecule has 0 bridgehead atoms. The molecule has 1 aromatic heterocycles. The lowest BCUT2D eigenvalue weighted by atomic mass is 10.2. The van der Waals surface area contributed by atoms with E-state index in [1.165, 1.54) is 0 Å². The monoisotopic (exact) mass is 281 g/mol. The standard InChI is InChI=1S/C15H15N5O/c16-6-5-15(21)20-9-7-19(8-10-20)14-11-17-12-3-1-2-4-13(12)18-14/h1-4,11H,5,7-10H2. The molecule has 3 rings (SSSR count). The molecule has 1 fully saturated rings. The van der Waals surface area contributed by atoms with Crippen LogP contribution in [-0.2, 0) is 4.79 Å². The normalized spacial score (nSPS) is 15.0. The van der Waals surface area contributed by atoms with Crippen LogP contribution in [0.4, 0.5) is 5.82 Å². The van der Waals surface area contributed by atoms with Gasteiger partial charge in [0.05, 0.1) is 23.3 Å². The van der Waals surface area contributed by atoms with Gasteiger partial charge in [0.1, 0.15) is 12.2 Å². The Bertz CT molecular complexity index is 701. The second-order valence-corrected chi connectivity index (χ2v) is 4.92. The Morgan fingerprint density at radius 1 is 1.19 bits per heavy atom. The molecule has 106 valence electrons. The smallest absolute Gasteiger partial charge is 0.236 e. The number of hydrogen-bond acceptors (Lipinski definition) is 5. The summed E-state index contributed by atoms with van der Waals surface area (Å²) in [5.41, 5.74) is 1.75. The number of carbonyl (C=O) groups is 1. The van der Waals surface area contributed by atoms with Gasteiger partial charge >= 0.3 is 0 Å². The van der Waals surface area contributed by atoms with Crippen LogP contribution in [0.15, 0.2) is 30.5 Å². The van der Waals surface area contributed by atoms with Crippen molar-refractivity contribution < 1.29 is 4.79 Å². The molecule has 6 nitrogen and oxygen atoms in total. The molecule has 1 aromatic carbocycles. The van der Waals surface area contributed by atoms with Crippen molar-refractivity contribution in [3.05, 3.63) is 30.5 Å². The molecule has 0 unspecified atom stereocenters. The Kier molecular flexibility index (Phi) is 3.65. The van der Waals surface area contributed by atoms with Crippen molar-refractivity contribution in [3.8, 4) is 6.07 Å². The summed E-state index contributed by atoms with van der Waals surface area (Å²) in [4.78, 5) is 24.5. The summed E-state index contributed by atoms with van der Waals surface area (Å²) in [5.74, 6) is 0.739. The maximum Gasteiger partial charge on any atom is 0.236 e. The zero-order chi connectivity index (χ0) is 14.7. The number of hydrogen-bond donors (Lipinski definition) is 0. The Labute approximate surface area is 122 Å². The Morgan fingerprint density at radius 2 is 1.90 bits per heavy atom. The number of nitrogens with zero attached hydrogens (tertiary/aromatic N) is 5. The molecule has 0 radical (unpaired) electrons. The summed E-state index contributed by atoms with van der Waals surface area (Å²) >= 11 is 0. The van der Waals surface area contributed by atoms with E-state index < -0.39 is 0 Å². The van der Waals surface area contributed by atoms with Gasteiger partial charge in [-0.2, -0.15) is 5.26 Å². The fourth-order valence-electron chi connectivity index (χ4n) is 2.46. The molecular formula is C15H15N5O. The molecule has 1 amide bonds. The van der Waals surface area contributed by atoms with Crippen LogP contribution < -0.4 is 4.90 Å². The molecule has 0 atom stereocenters. The number of amides is 1. The first-order chi connectivity index (χ1) is 10.3. The fourth-order valence-corrected chi connectivity index (χ4v) is 2.46. The van der Waals surface area contributed by atoms with Crippen molar-refractivity contribution in [1.82, 2.24) is 14.9 Å². The van der Waals surface area contributed by atoms with Gasteiger partial charge in [0.2, 0.25) is 5.91 Å². The summed E-state index contributed by atoms with van der Waals surface area (Å²) in [7, 11) is 0. The third-order valence-electron chi connectivity index (χ3n) is 3.62. The van der Waals surface area contributed by atoms with E-state index in [0.717, 1.165) is 16.9 Å². The van der Waals surface area contributed by atoms with E-state index in [1.807, 2.05) is 30.3 Å². The molecule has 0 N–H and O–H groups in total. The van der Waals surface area contributed by atoms with E-state index in [2.05, 4.69) is 14.9 Å². The van der Waals surface area contributed by atoms with Crippen molar-refractivity contribution in [1.29, 1.82) is 5.26 Å². The molecule has 1 saturated heterocycles. The van der Waals surface area contributed by atoms with E-state index in [1.54, 1.807) is 11.1 Å². The van der Waals surface area contributed by atoms with E-state index in [0.29, 0.717) is 26.2 Å². The largest absolute Gasteiger partial charge is 0.352 e. The van der Waals surface area contributed by atoms with E-state index in [9.17, 15) is 4.79 Å². The highest BCUT2D eigenvalue weighted by molar-refractivity contribution is 5.78. The van der Waals surface area contributed by atoms with Crippen molar-refractivity contribution in [2.24, 2.45) is 0 Å². The van der Waals surface area contributed by atoms with Crippen LogP contribution in [0.25, 0.3) is 11.0 Å². The van der Waals surface area contributed by atoms with Crippen LogP contribution in [0.3, 0.4) is 0 Å². The number of fused-ring (bicyclic) bond motifs is 1. The first-order valence-electron chi connectivity index (χ1n) is 6.89.